The molecule has 86 valence electrons. The summed E-state index contributed by atoms with van der Waals surface area (Å²) >= 11 is 0. The van der Waals surface area contributed by atoms with Crippen molar-refractivity contribution in [2.75, 3.05) is 0 Å². The fraction of sp³-hybridized carbons (Fsp3) is 0.600. The van der Waals surface area contributed by atoms with Crippen molar-refractivity contribution in [2.24, 2.45) is 0 Å². The lowest BCUT2D eigenvalue weighted by Crippen LogP contribution is -2.16. The maximum atomic E-state index is 6.17. The summed E-state index contributed by atoms with van der Waals surface area (Å²) in [6.07, 6.45) is 3.62. The molecule has 1 spiro atoms. The predicted octanol–water partition coefficient (Wildman–Crippen LogP) is 3.76. The Balaban J connectivity index is 2.14. The van der Waals surface area contributed by atoms with E-state index in [1.807, 2.05) is 0 Å². The van der Waals surface area contributed by atoms with Crippen molar-refractivity contribution >= 4 is 0 Å². The molecule has 0 bridgehead atoms. The zero-order valence-corrected chi connectivity index (χ0v) is 10.7. The minimum atomic E-state index is 0.203. The molecule has 0 radical (unpaired) electrons. The van der Waals surface area contributed by atoms with Crippen LogP contribution in [0.1, 0.15) is 50.3 Å². The van der Waals surface area contributed by atoms with E-state index in [4.69, 9.17) is 4.74 Å². The van der Waals surface area contributed by atoms with Gasteiger partial charge in [0.05, 0.1) is 0 Å². The molecule has 1 aliphatic heterocycles. The fourth-order valence-electron chi connectivity index (χ4n) is 2.76. The molecule has 0 saturated heterocycles. The van der Waals surface area contributed by atoms with Gasteiger partial charge in [0.25, 0.3) is 0 Å². The molecule has 16 heavy (non-hydrogen) atoms. The van der Waals surface area contributed by atoms with Gasteiger partial charge in [-0.1, -0.05) is 32.9 Å². The Morgan fingerprint density at radius 1 is 1.19 bits per heavy atom. The molecule has 0 N–H and O–H groups in total. The smallest absolute Gasteiger partial charge is 0.126 e. The number of hydrogen-bond acceptors (Lipinski definition) is 1. The average Bonchev–Trinajstić information content (AvgIpc) is 2.75. The first-order chi connectivity index (χ1) is 7.41. The van der Waals surface area contributed by atoms with Gasteiger partial charge < -0.3 is 4.74 Å². The molecule has 1 nitrogen and oxygen atoms in total. The molecule has 1 aliphatic carbocycles. The topological polar surface area (TPSA) is 9.23 Å². The third kappa shape index (κ3) is 1.37. The third-order valence-electron chi connectivity index (χ3n) is 3.89. The second-order valence-corrected chi connectivity index (χ2v) is 6.45. The van der Waals surface area contributed by atoms with Crippen LogP contribution in [-0.4, -0.2) is 5.60 Å². The number of benzene rings is 1. The standard InChI is InChI=1S/C15H20O/c1-10-5-6-12(14(2,3)4)11-9-15(7-8-15)16-13(10)11/h5-6H,7-9H2,1-4H3. The Morgan fingerprint density at radius 3 is 2.44 bits per heavy atom. The summed E-state index contributed by atoms with van der Waals surface area (Å²) in [5, 5.41) is 0. The number of ether oxygens (including phenoxy) is 1. The van der Waals surface area contributed by atoms with E-state index in [9.17, 15) is 0 Å². The molecular formula is C15H20O. The summed E-state index contributed by atoms with van der Waals surface area (Å²) in [5.41, 5.74) is 4.67. The van der Waals surface area contributed by atoms with Crippen molar-refractivity contribution in [1.82, 2.24) is 0 Å². The van der Waals surface area contributed by atoms with Crippen molar-refractivity contribution in [3.63, 3.8) is 0 Å². The molecule has 1 heterocycles. The van der Waals surface area contributed by atoms with E-state index in [-0.39, 0.29) is 11.0 Å². The highest BCUT2D eigenvalue weighted by Crippen LogP contribution is 2.53. The van der Waals surface area contributed by atoms with Crippen LogP contribution in [0.5, 0.6) is 5.75 Å². The molecule has 1 fully saturated rings. The van der Waals surface area contributed by atoms with E-state index >= 15 is 0 Å². The quantitative estimate of drug-likeness (QED) is 0.641. The normalized spacial score (nSPS) is 20.8. The molecule has 0 aromatic heterocycles. The third-order valence-corrected chi connectivity index (χ3v) is 3.89. The molecule has 0 unspecified atom stereocenters. The second-order valence-electron chi connectivity index (χ2n) is 6.45. The van der Waals surface area contributed by atoms with Crippen molar-refractivity contribution in [1.29, 1.82) is 0 Å². The first-order valence-corrected chi connectivity index (χ1v) is 6.23. The highest BCUT2D eigenvalue weighted by molar-refractivity contribution is 5.53. The highest BCUT2D eigenvalue weighted by Gasteiger charge is 2.51. The summed E-state index contributed by atoms with van der Waals surface area (Å²) in [7, 11) is 0. The van der Waals surface area contributed by atoms with E-state index < -0.39 is 0 Å². The van der Waals surface area contributed by atoms with Crippen LogP contribution in [-0.2, 0) is 11.8 Å². The number of fused-ring (bicyclic) bond motifs is 1. The van der Waals surface area contributed by atoms with Crippen LogP contribution in [0, 0.1) is 6.92 Å². The summed E-state index contributed by atoms with van der Waals surface area (Å²) < 4.78 is 6.17. The molecule has 1 saturated carbocycles. The van der Waals surface area contributed by atoms with E-state index in [1.54, 1.807) is 0 Å². The second kappa shape index (κ2) is 2.82. The molecule has 0 amide bonds. The fourth-order valence-corrected chi connectivity index (χ4v) is 2.76. The minimum Gasteiger partial charge on any atom is -0.486 e. The molecular weight excluding hydrogens is 196 g/mol. The van der Waals surface area contributed by atoms with Crippen LogP contribution < -0.4 is 4.74 Å². The molecule has 1 aromatic carbocycles. The van der Waals surface area contributed by atoms with Gasteiger partial charge in [0.2, 0.25) is 0 Å². The molecule has 1 aromatic rings. The van der Waals surface area contributed by atoms with Gasteiger partial charge in [-0.3, -0.25) is 0 Å². The van der Waals surface area contributed by atoms with Crippen molar-refractivity contribution in [3.8, 4) is 5.75 Å². The number of aryl methyl sites for hydroxylation is 1. The van der Waals surface area contributed by atoms with E-state index in [0.717, 1.165) is 6.42 Å². The highest BCUT2D eigenvalue weighted by atomic mass is 16.5. The Hall–Kier alpha value is -0.980. The Bertz CT molecular complexity index is 447. The van der Waals surface area contributed by atoms with Gasteiger partial charge in [-0.15, -0.1) is 0 Å². The summed E-state index contributed by atoms with van der Waals surface area (Å²) in [6, 6.07) is 4.50. The molecule has 3 rings (SSSR count). The van der Waals surface area contributed by atoms with Crippen LogP contribution in [0.3, 0.4) is 0 Å². The van der Waals surface area contributed by atoms with Crippen molar-refractivity contribution < 1.29 is 4.74 Å². The summed E-state index contributed by atoms with van der Waals surface area (Å²) in [5.74, 6) is 1.19. The van der Waals surface area contributed by atoms with Gasteiger partial charge in [0.1, 0.15) is 11.4 Å². The lowest BCUT2D eigenvalue weighted by Gasteiger charge is -2.22. The molecule has 2 aliphatic rings. The Labute approximate surface area is 97.8 Å². The van der Waals surface area contributed by atoms with Gasteiger partial charge in [-0.25, -0.2) is 0 Å². The van der Waals surface area contributed by atoms with Crippen LogP contribution >= 0.6 is 0 Å². The first-order valence-electron chi connectivity index (χ1n) is 6.23. The lowest BCUT2D eigenvalue weighted by molar-refractivity contribution is 0.210. The largest absolute Gasteiger partial charge is 0.486 e. The lowest BCUT2D eigenvalue weighted by atomic mass is 9.82. The van der Waals surface area contributed by atoms with Crippen LogP contribution in [0.2, 0.25) is 0 Å². The van der Waals surface area contributed by atoms with E-state index in [2.05, 4.69) is 39.8 Å². The number of rotatable bonds is 0. The zero-order chi connectivity index (χ0) is 11.6. The van der Waals surface area contributed by atoms with Crippen LogP contribution in [0.15, 0.2) is 12.1 Å². The van der Waals surface area contributed by atoms with E-state index in [0.29, 0.717) is 0 Å². The van der Waals surface area contributed by atoms with E-state index in [1.165, 1.54) is 35.3 Å². The van der Waals surface area contributed by atoms with Gasteiger partial charge >= 0.3 is 0 Å². The number of hydrogen-bond donors (Lipinski definition) is 0. The van der Waals surface area contributed by atoms with Gasteiger partial charge in [-0.2, -0.15) is 0 Å². The minimum absolute atomic E-state index is 0.203. The Morgan fingerprint density at radius 2 is 1.88 bits per heavy atom. The van der Waals surface area contributed by atoms with Crippen molar-refractivity contribution in [3.05, 3.63) is 28.8 Å². The SMILES string of the molecule is Cc1ccc(C(C)(C)C)c2c1OC1(CC1)C2. The monoisotopic (exact) mass is 216 g/mol. The molecule has 1 heteroatoms. The zero-order valence-electron chi connectivity index (χ0n) is 10.7. The Kier molecular flexibility index (Phi) is 1.80. The maximum Gasteiger partial charge on any atom is 0.126 e. The van der Waals surface area contributed by atoms with Crippen LogP contribution in [0.4, 0.5) is 0 Å². The molecule has 0 atom stereocenters. The first kappa shape index (κ1) is 10.2. The van der Waals surface area contributed by atoms with Gasteiger partial charge in [0, 0.05) is 12.0 Å². The van der Waals surface area contributed by atoms with Crippen LogP contribution in [0.25, 0.3) is 0 Å². The summed E-state index contributed by atoms with van der Waals surface area (Å²) in [6.45, 7) is 9.02. The maximum absolute atomic E-state index is 6.17. The van der Waals surface area contributed by atoms with Crippen molar-refractivity contribution in [2.45, 2.75) is 58.0 Å². The summed E-state index contributed by atoms with van der Waals surface area (Å²) in [4.78, 5) is 0. The van der Waals surface area contributed by atoms with Gasteiger partial charge in [0.15, 0.2) is 0 Å². The van der Waals surface area contributed by atoms with Gasteiger partial charge in [-0.05, 0) is 36.3 Å². The average molecular weight is 216 g/mol. The predicted molar refractivity (Wildman–Crippen MR) is 66.2 cm³/mol.